The topological polar surface area (TPSA) is 99.3 Å². The first-order valence-electron chi connectivity index (χ1n) is 7.69. The van der Waals surface area contributed by atoms with Gasteiger partial charge in [0.15, 0.2) is 5.78 Å². The van der Waals surface area contributed by atoms with Gasteiger partial charge >= 0.3 is 6.03 Å². The van der Waals surface area contributed by atoms with Crippen molar-refractivity contribution >= 4 is 17.7 Å². The molecule has 0 saturated heterocycles. The maximum absolute atomic E-state index is 12.2. The number of carbonyl (C=O) groups is 3. The Kier molecular flexibility index (Phi) is 8.38. The monoisotopic (exact) mass is 320 g/mol. The molecule has 4 N–H and O–H groups in total. The number of rotatable bonds is 8. The van der Waals surface area contributed by atoms with Crippen molar-refractivity contribution < 1.29 is 14.4 Å². The Hall–Kier alpha value is -2.41. The van der Waals surface area contributed by atoms with Crippen LogP contribution in [0.2, 0.25) is 0 Å². The van der Waals surface area contributed by atoms with Gasteiger partial charge in [-0.15, -0.1) is 0 Å². The number of hydrogen-bond donors (Lipinski definition) is 4. The predicted molar refractivity (Wildman–Crippen MR) is 87.6 cm³/mol. The molecule has 126 valence electrons. The molecule has 3 amide bonds. The summed E-state index contributed by atoms with van der Waals surface area (Å²) in [5.74, 6) is -0.422. The number of carbonyl (C=O) groups excluding carboxylic acids is 3. The second-order valence-corrected chi connectivity index (χ2v) is 4.99. The van der Waals surface area contributed by atoms with Crippen LogP contribution in [0.15, 0.2) is 30.3 Å². The van der Waals surface area contributed by atoms with E-state index < -0.39 is 12.1 Å². The molecule has 1 aromatic rings. The molecule has 23 heavy (non-hydrogen) atoms. The van der Waals surface area contributed by atoms with Crippen LogP contribution >= 0.6 is 0 Å². The maximum atomic E-state index is 12.2. The van der Waals surface area contributed by atoms with Gasteiger partial charge in [0.05, 0.1) is 12.6 Å². The molecule has 0 aliphatic rings. The summed E-state index contributed by atoms with van der Waals surface area (Å²) in [7, 11) is 0. The second-order valence-electron chi connectivity index (χ2n) is 4.99. The summed E-state index contributed by atoms with van der Waals surface area (Å²) in [6, 6.07) is 8.53. The van der Waals surface area contributed by atoms with Gasteiger partial charge in [-0.1, -0.05) is 44.2 Å². The van der Waals surface area contributed by atoms with Crippen LogP contribution in [-0.2, 0) is 16.0 Å². The molecule has 7 nitrogen and oxygen atoms in total. The Balaban J connectivity index is 2.45. The van der Waals surface area contributed by atoms with Gasteiger partial charge in [0.25, 0.3) is 5.91 Å². The molecule has 0 saturated carbocycles. The molecule has 1 aromatic carbocycles. The normalized spacial score (nSPS) is 11.4. The van der Waals surface area contributed by atoms with Crippen LogP contribution in [0.25, 0.3) is 0 Å². The van der Waals surface area contributed by atoms with E-state index in [1.54, 1.807) is 6.92 Å². The van der Waals surface area contributed by atoms with Crippen molar-refractivity contribution in [3.63, 3.8) is 0 Å². The maximum Gasteiger partial charge on any atom is 0.333 e. The number of amides is 3. The second kappa shape index (κ2) is 10.3. The molecule has 0 spiro atoms. The summed E-state index contributed by atoms with van der Waals surface area (Å²) in [6.07, 6.45) is 0.865. The minimum Gasteiger partial charge on any atom is -0.330 e. The van der Waals surface area contributed by atoms with Crippen molar-refractivity contribution in [3.05, 3.63) is 35.9 Å². The molecule has 7 heteroatoms. The SMILES string of the molecule is CCN[C@@H](Cc1ccccc1)C(=O)NNC(=O)NCC(=O)CC. The van der Waals surface area contributed by atoms with Crippen LogP contribution in [0.1, 0.15) is 25.8 Å². The summed E-state index contributed by atoms with van der Waals surface area (Å²) in [4.78, 5) is 34.8. The fourth-order valence-electron chi connectivity index (χ4n) is 1.91. The first kappa shape index (κ1) is 18.6. The van der Waals surface area contributed by atoms with Crippen molar-refractivity contribution in [2.75, 3.05) is 13.1 Å². The fraction of sp³-hybridized carbons (Fsp3) is 0.438. The minimum absolute atomic E-state index is 0.0567. The highest BCUT2D eigenvalue weighted by Gasteiger charge is 2.18. The van der Waals surface area contributed by atoms with E-state index in [-0.39, 0.29) is 18.2 Å². The molecule has 0 aromatic heterocycles. The molecule has 0 unspecified atom stereocenters. The average Bonchev–Trinajstić information content (AvgIpc) is 2.58. The number of nitrogens with one attached hydrogen (secondary N) is 4. The van der Waals surface area contributed by atoms with E-state index in [9.17, 15) is 14.4 Å². The lowest BCUT2D eigenvalue weighted by molar-refractivity contribution is -0.123. The van der Waals surface area contributed by atoms with Crippen molar-refractivity contribution in [1.82, 2.24) is 21.5 Å². The number of urea groups is 1. The van der Waals surface area contributed by atoms with Crippen LogP contribution in [0.5, 0.6) is 0 Å². The van der Waals surface area contributed by atoms with Gasteiger partial charge in [-0.2, -0.15) is 0 Å². The zero-order valence-corrected chi connectivity index (χ0v) is 13.5. The summed E-state index contributed by atoms with van der Waals surface area (Å²) < 4.78 is 0. The zero-order valence-electron chi connectivity index (χ0n) is 13.5. The van der Waals surface area contributed by atoms with E-state index >= 15 is 0 Å². The third kappa shape index (κ3) is 7.42. The molecular formula is C16H24N4O3. The molecule has 1 rings (SSSR count). The van der Waals surface area contributed by atoms with Crippen LogP contribution in [0.3, 0.4) is 0 Å². The average molecular weight is 320 g/mol. The zero-order chi connectivity index (χ0) is 17.1. The molecule has 0 aliphatic carbocycles. The van der Waals surface area contributed by atoms with Gasteiger partial charge in [0.2, 0.25) is 0 Å². The highest BCUT2D eigenvalue weighted by molar-refractivity contribution is 5.87. The van der Waals surface area contributed by atoms with E-state index in [1.165, 1.54) is 0 Å². The van der Waals surface area contributed by atoms with Crippen LogP contribution in [-0.4, -0.2) is 36.9 Å². The molecule has 0 bridgehead atoms. The molecule has 0 radical (unpaired) electrons. The van der Waals surface area contributed by atoms with E-state index in [0.717, 1.165) is 5.56 Å². The molecule has 0 aliphatic heterocycles. The summed E-state index contributed by atoms with van der Waals surface area (Å²) >= 11 is 0. The van der Waals surface area contributed by atoms with E-state index in [4.69, 9.17) is 0 Å². The van der Waals surface area contributed by atoms with Gasteiger partial charge in [-0.25, -0.2) is 10.2 Å². The standard InChI is InChI=1S/C16H24N4O3/c1-3-13(21)11-18-16(23)20-19-15(22)14(17-4-2)10-12-8-6-5-7-9-12/h5-9,14,17H,3-4,10-11H2,1-2H3,(H,19,22)(H2,18,20,23)/t14-/m0/s1. The molecule has 0 fully saturated rings. The van der Waals surface area contributed by atoms with Gasteiger partial charge in [0, 0.05) is 6.42 Å². The van der Waals surface area contributed by atoms with Crippen molar-refractivity contribution in [3.8, 4) is 0 Å². The number of likely N-dealkylation sites (N-methyl/N-ethyl adjacent to an activating group) is 1. The Morgan fingerprint density at radius 3 is 2.35 bits per heavy atom. The Morgan fingerprint density at radius 2 is 1.74 bits per heavy atom. The smallest absolute Gasteiger partial charge is 0.330 e. The molecule has 0 heterocycles. The van der Waals surface area contributed by atoms with Crippen molar-refractivity contribution in [1.29, 1.82) is 0 Å². The van der Waals surface area contributed by atoms with E-state index in [1.807, 2.05) is 37.3 Å². The third-order valence-corrected chi connectivity index (χ3v) is 3.19. The van der Waals surface area contributed by atoms with Crippen LogP contribution < -0.4 is 21.5 Å². The first-order valence-corrected chi connectivity index (χ1v) is 7.69. The highest BCUT2D eigenvalue weighted by atomic mass is 16.2. The van der Waals surface area contributed by atoms with Crippen LogP contribution in [0.4, 0.5) is 4.79 Å². The quantitative estimate of drug-likeness (QED) is 0.525. The van der Waals surface area contributed by atoms with E-state index in [2.05, 4.69) is 21.5 Å². The van der Waals surface area contributed by atoms with E-state index in [0.29, 0.717) is 19.4 Å². The summed E-state index contributed by atoms with van der Waals surface area (Å²) in [6.45, 7) is 4.19. The summed E-state index contributed by atoms with van der Waals surface area (Å²) in [5, 5.41) is 5.45. The van der Waals surface area contributed by atoms with Crippen molar-refractivity contribution in [2.45, 2.75) is 32.7 Å². The third-order valence-electron chi connectivity index (χ3n) is 3.19. The van der Waals surface area contributed by atoms with Gasteiger partial charge < -0.3 is 10.6 Å². The largest absolute Gasteiger partial charge is 0.333 e. The highest BCUT2D eigenvalue weighted by Crippen LogP contribution is 2.03. The first-order chi connectivity index (χ1) is 11.1. The fourth-order valence-corrected chi connectivity index (χ4v) is 1.91. The molecular weight excluding hydrogens is 296 g/mol. The summed E-state index contributed by atoms with van der Waals surface area (Å²) in [5.41, 5.74) is 5.62. The molecule has 1 atom stereocenters. The lowest BCUT2D eigenvalue weighted by Gasteiger charge is -2.18. The lowest BCUT2D eigenvalue weighted by atomic mass is 10.1. The lowest BCUT2D eigenvalue weighted by Crippen LogP contribution is -2.54. The number of hydrogen-bond acceptors (Lipinski definition) is 4. The van der Waals surface area contributed by atoms with Gasteiger partial charge in [-0.3, -0.25) is 15.0 Å². The predicted octanol–water partition coefficient (Wildman–Crippen LogP) is 0.517. The van der Waals surface area contributed by atoms with Gasteiger partial charge in [0.1, 0.15) is 0 Å². The Labute approximate surface area is 136 Å². The number of hydrazine groups is 1. The van der Waals surface area contributed by atoms with Crippen LogP contribution in [0, 0.1) is 0 Å². The van der Waals surface area contributed by atoms with Crippen molar-refractivity contribution in [2.24, 2.45) is 0 Å². The van der Waals surface area contributed by atoms with Gasteiger partial charge in [-0.05, 0) is 18.5 Å². The Bertz CT molecular complexity index is 519. The Morgan fingerprint density at radius 1 is 1.04 bits per heavy atom. The number of ketones is 1. The minimum atomic E-state index is -0.616. The number of benzene rings is 1. The number of Topliss-reactive ketones (excluding diaryl/α,β-unsaturated/α-hetero) is 1.